The Morgan fingerprint density at radius 3 is 2.65 bits per heavy atom. The lowest BCUT2D eigenvalue weighted by atomic mass is 10.3. The summed E-state index contributed by atoms with van der Waals surface area (Å²) in [6.07, 6.45) is 1.27. The molecule has 1 aromatic heterocycles. The first-order valence-corrected chi connectivity index (χ1v) is 6.29. The van der Waals surface area contributed by atoms with Gasteiger partial charge in [-0.1, -0.05) is 0 Å². The predicted molar refractivity (Wildman–Crippen MR) is 71.0 cm³/mol. The van der Waals surface area contributed by atoms with Crippen LogP contribution >= 0.6 is 0 Å². The van der Waals surface area contributed by atoms with Crippen molar-refractivity contribution in [2.24, 2.45) is 0 Å². The van der Waals surface area contributed by atoms with Crippen molar-refractivity contribution >= 4 is 11.5 Å². The van der Waals surface area contributed by atoms with Crippen LogP contribution in [0.25, 0.3) is 0 Å². The van der Waals surface area contributed by atoms with Crippen molar-refractivity contribution in [3.63, 3.8) is 0 Å². The van der Waals surface area contributed by atoms with Crippen LogP contribution in [0.5, 0.6) is 5.88 Å². The topological polar surface area (TPSA) is 105 Å². The van der Waals surface area contributed by atoms with Gasteiger partial charge in [-0.25, -0.2) is 4.98 Å². The van der Waals surface area contributed by atoms with E-state index in [9.17, 15) is 10.1 Å². The molecule has 1 fully saturated rings. The quantitative estimate of drug-likeness (QED) is 0.570. The van der Waals surface area contributed by atoms with Crippen molar-refractivity contribution in [1.82, 2.24) is 14.9 Å². The van der Waals surface area contributed by atoms with E-state index in [0.717, 1.165) is 13.1 Å². The molecule has 0 saturated carbocycles. The molecule has 20 heavy (non-hydrogen) atoms. The zero-order valence-electron chi connectivity index (χ0n) is 11.2. The number of β-amino-alcohol motifs (C(OH)–C–C–N with tert-alkyl or cyclic N) is 1. The first-order valence-electron chi connectivity index (χ1n) is 6.29. The summed E-state index contributed by atoms with van der Waals surface area (Å²) in [5, 5.41) is 20.1. The predicted octanol–water partition coefficient (Wildman–Crippen LogP) is -0.492. The standard InChI is InChI=1S/C11H17N5O4/c1-20-11-9(16(18)19)10(12-8-13-11)15-4-2-14(3-5-15)6-7-17/h8,17H,2-7H2,1H3. The molecule has 110 valence electrons. The molecule has 0 aliphatic carbocycles. The number of aliphatic hydroxyl groups excluding tert-OH is 1. The number of nitro groups is 1. The third kappa shape index (κ3) is 2.94. The van der Waals surface area contributed by atoms with Gasteiger partial charge in [0.15, 0.2) is 0 Å². The van der Waals surface area contributed by atoms with E-state index in [-0.39, 0.29) is 24.0 Å². The third-order valence-electron chi connectivity index (χ3n) is 3.23. The molecule has 0 aromatic carbocycles. The molecule has 0 spiro atoms. The van der Waals surface area contributed by atoms with Gasteiger partial charge < -0.3 is 14.7 Å². The molecule has 1 aliphatic heterocycles. The highest BCUT2D eigenvalue weighted by atomic mass is 16.6. The average Bonchev–Trinajstić information content (AvgIpc) is 2.47. The lowest BCUT2D eigenvalue weighted by Crippen LogP contribution is -2.47. The van der Waals surface area contributed by atoms with Gasteiger partial charge in [-0.05, 0) is 0 Å². The number of piperazine rings is 1. The SMILES string of the molecule is COc1ncnc(N2CCN(CCO)CC2)c1[N+](=O)[O-]. The van der Waals surface area contributed by atoms with E-state index in [2.05, 4.69) is 14.9 Å². The number of aromatic nitrogens is 2. The molecular weight excluding hydrogens is 266 g/mol. The lowest BCUT2D eigenvalue weighted by molar-refractivity contribution is -0.385. The normalized spacial score (nSPS) is 16.2. The molecule has 0 amide bonds. The Morgan fingerprint density at radius 2 is 2.10 bits per heavy atom. The third-order valence-corrected chi connectivity index (χ3v) is 3.23. The van der Waals surface area contributed by atoms with Crippen molar-refractivity contribution in [2.75, 3.05) is 51.3 Å². The van der Waals surface area contributed by atoms with E-state index in [1.165, 1.54) is 13.4 Å². The molecule has 0 bridgehead atoms. The van der Waals surface area contributed by atoms with Crippen LogP contribution in [-0.4, -0.2) is 71.3 Å². The number of hydrogen-bond donors (Lipinski definition) is 1. The highest BCUT2D eigenvalue weighted by molar-refractivity contribution is 5.62. The van der Waals surface area contributed by atoms with Crippen LogP contribution in [0.3, 0.4) is 0 Å². The van der Waals surface area contributed by atoms with Crippen molar-refractivity contribution in [3.05, 3.63) is 16.4 Å². The summed E-state index contributed by atoms with van der Waals surface area (Å²) in [5.74, 6) is 0.253. The molecule has 1 aromatic rings. The van der Waals surface area contributed by atoms with Gasteiger partial charge in [0.25, 0.3) is 5.88 Å². The van der Waals surface area contributed by atoms with Crippen molar-refractivity contribution in [3.8, 4) is 5.88 Å². The fraction of sp³-hybridized carbons (Fsp3) is 0.636. The van der Waals surface area contributed by atoms with Gasteiger partial charge in [0, 0.05) is 32.7 Å². The van der Waals surface area contributed by atoms with E-state index in [1.54, 1.807) is 0 Å². The largest absolute Gasteiger partial charge is 0.476 e. The van der Waals surface area contributed by atoms with Crippen LogP contribution < -0.4 is 9.64 Å². The van der Waals surface area contributed by atoms with Crippen molar-refractivity contribution in [2.45, 2.75) is 0 Å². The number of hydrogen-bond acceptors (Lipinski definition) is 8. The second-order valence-electron chi connectivity index (χ2n) is 4.36. The zero-order chi connectivity index (χ0) is 14.5. The number of anilines is 1. The molecule has 1 aliphatic rings. The minimum Gasteiger partial charge on any atom is -0.476 e. The summed E-state index contributed by atoms with van der Waals surface area (Å²) in [5.41, 5.74) is -0.203. The summed E-state index contributed by atoms with van der Waals surface area (Å²) >= 11 is 0. The Balaban J connectivity index is 2.19. The average molecular weight is 283 g/mol. The summed E-state index contributed by atoms with van der Waals surface area (Å²) in [6, 6.07) is 0. The number of rotatable bonds is 5. The maximum absolute atomic E-state index is 11.2. The Hall–Kier alpha value is -2.00. The van der Waals surface area contributed by atoms with E-state index < -0.39 is 4.92 Å². The number of methoxy groups -OCH3 is 1. The molecule has 2 heterocycles. The fourth-order valence-corrected chi connectivity index (χ4v) is 2.22. The number of aliphatic hydroxyl groups is 1. The van der Waals surface area contributed by atoms with Gasteiger partial charge in [-0.3, -0.25) is 15.0 Å². The molecule has 0 unspecified atom stereocenters. The first-order chi connectivity index (χ1) is 9.67. The molecule has 0 radical (unpaired) electrons. The van der Waals surface area contributed by atoms with Crippen LogP contribution in [0, 0.1) is 10.1 Å². The minimum absolute atomic E-state index is 0.0298. The summed E-state index contributed by atoms with van der Waals surface area (Å²) in [7, 11) is 1.35. The molecule has 2 rings (SSSR count). The van der Waals surface area contributed by atoms with Crippen molar-refractivity contribution < 1.29 is 14.8 Å². The summed E-state index contributed by atoms with van der Waals surface area (Å²) < 4.78 is 4.93. The summed E-state index contributed by atoms with van der Waals surface area (Å²) in [4.78, 5) is 22.4. The molecule has 0 atom stereocenters. The van der Waals surface area contributed by atoms with Gasteiger partial charge in [0.05, 0.1) is 18.6 Å². The Kier molecular flexibility index (Phi) is 4.64. The monoisotopic (exact) mass is 283 g/mol. The lowest BCUT2D eigenvalue weighted by Gasteiger charge is -2.34. The minimum atomic E-state index is -0.520. The van der Waals surface area contributed by atoms with Crippen LogP contribution in [0.1, 0.15) is 0 Å². The van der Waals surface area contributed by atoms with E-state index in [1.807, 2.05) is 4.90 Å². The van der Waals surface area contributed by atoms with Gasteiger partial charge >= 0.3 is 5.69 Å². The number of ether oxygens (including phenoxy) is 1. The first kappa shape index (κ1) is 14.4. The Labute approximate surface area is 115 Å². The van der Waals surface area contributed by atoms with Crippen LogP contribution in [0.15, 0.2) is 6.33 Å². The maximum Gasteiger partial charge on any atom is 0.372 e. The molecule has 1 N–H and O–H groups in total. The van der Waals surface area contributed by atoms with E-state index >= 15 is 0 Å². The Morgan fingerprint density at radius 1 is 1.40 bits per heavy atom. The van der Waals surface area contributed by atoms with Gasteiger partial charge in [-0.2, -0.15) is 4.98 Å². The van der Waals surface area contributed by atoms with Gasteiger partial charge in [0.2, 0.25) is 5.82 Å². The van der Waals surface area contributed by atoms with Gasteiger partial charge in [-0.15, -0.1) is 0 Å². The zero-order valence-corrected chi connectivity index (χ0v) is 11.2. The van der Waals surface area contributed by atoms with Crippen LogP contribution in [0.2, 0.25) is 0 Å². The van der Waals surface area contributed by atoms with Crippen molar-refractivity contribution in [1.29, 1.82) is 0 Å². The second-order valence-corrected chi connectivity index (χ2v) is 4.36. The fourth-order valence-electron chi connectivity index (χ4n) is 2.22. The molecule has 1 saturated heterocycles. The molecule has 9 nitrogen and oxygen atoms in total. The van der Waals surface area contributed by atoms with Gasteiger partial charge in [0.1, 0.15) is 6.33 Å². The Bertz CT molecular complexity index is 476. The maximum atomic E-state index is 11.2. The molecular formula is C11H17N5O4. The summed E-state index contributed by atoms with van der Waals surface area (Å²) in [6.45, 7) is 3.40. The van der Waals surface area contributed by atoms with Crippen LogP contribution in [-0.2, 0) is 0 Å². The smallest absolute Gasteiger partial charge is 0.372 e. The highest BCUT2D eigenvalue weighted by Crippen LogP contribution is 2.33. The number of nitrogens with zero attached hydrogens (tertiary/aromatic N) is 5. The van der Waals surface area contributed by atoms with E-state index in [4.69, 9.17) is 9.84 Å². The van der Waals surface area contributed by atoms with E-state index in [0.29, 0.717) is 19.6 Å². The van der Waals surface area contributed by atoms with Crippen LogP contribution in [0.4, 0.5) is 11.5 Å². The molecule has 9 heteroatoms. The second kappa shape index (κ2) is 6.44. The highest BCUT2D eigenvalue weighted by Gasteiger charge is 2.29.